The predicted molar refractivity (Wildman–Crippen MR) is 37.5 cm³/mol. The molecule has 3 heteroatoms. The second kappa shape index (κ2) is 2.97. The average Bonchev–Trinajstić information content (AvgIpc) is 1.59. The van der Waals surface area contributed by atoms with Gasteiger partial charge in [-0.15, -0.1) is 0 Å². The molecule has 0 unspecified atom stereocenters. The molecule has 0 aromatic rings. The van der Waals surface area contributed by atoms with E-state index in [9.17, 15) is 4.21 Å². The molecule has 2 nitrogen and oxygen atoms in total. The highest BCUT2D eigenvalue weighted by Gasteiger charge is 2.03. The van der Waals surface area contributed by atoms with E-state index < -0.39 is 11.8 Å². The van der Waals surface area contributed by atoms with Crippen molar-refractivity contribution >= 4 is 18.0 Å². The van der Waals surface area contributed by atoms with Crippen molar-refractivity contribution in [2.75, 3.05) is 0 Å². The van der Waals surface area contributed by atoms with Crippen LogP contribution in [0.5, 0.6) is 0 Å². The van der Waals surface area contributed by atoms with Crippen molar-refractivity contribution in [2.24, 2.45) is 9.81 Å². The van der Waals surface area contributed by atoms with Crippen molar-refractivity contribution in [3.8, 4) is 0 Å². The Morgan fingerprint density at radius 2 is 2.25 bits per heavy atom. The summed E-state index contributed by atoms with van der Waals surface area (Å²) in [5.74, 6) is 0. The summed E-state index contributed by atoms with van der Waals surface area (Å²) in [6, 6.07) is 0. The number of nitrogens with zero attached hydrogens (tertiary/aromatic N) is 1. The lowest BCUT2D eigenvalue weighted by atomic mass is 10.00. The molecule has 0 aliphatic carbocycles. The summed E-state index contributed by atoms with van der Waals surface area (Å²) in [7, 11) is 0. The lowest BCUT2D eigenvalue weighted by Crippen LogP contribution is -2.05. The molecule has 0 aliphatic rings. The molecule has 0 saturated heterocycles. The van der Waals surface area contributed by atoms with E-state index in [1.807, 2.05) is 20.8 Å². The lowest BCUT2D eigenvalue weighted by Gasteiger charge is -2.07. The molecule has 0 aromatic heterocycles. The van der Waals surface area contributed by atoms with Gasteiger partial charge in [-0.2, -0.15) is 0 Å². The molecule has 0 amide bonds. The second-order valence-corrected chi connectivity index (χ2v) is 3.03. The number of rotatable bonds is 1. The smallest absolute Gasteiger partial charge is 0.166 e. The molecular formula is C5H11NOS. The van der Waals surface area contributed by atoms with Crippen molar-refractivity contribution in [1.29, 1.82) is 1.12 Å². The van der Waals surface area contributed by atoms with Crippen LogP contribution in [0.15, 0.2) is 4.40 Å². The van der Waals surface area contributed by atoms with Crippen LogP contribution in [0.25, 0.3) is 0 Å². The van der Waals surface area contributed by atoms with E-state index in [1.54, 1.807) is 0 Å². The highest BCUT2D eigenvalue weighted by atomic mass is 32.2. The first-order valence-corrected chi connectivity index (χ1v) is 3.09. The monoisotopic (exact) mass is 135 g/mol. The van der Waals surface area contributed by atoms with Gasteiger partial charge in [-0.3, -0.25) is 0 Å². The first-order valence-electron chi connectivity index (χ1n) is 2.80. The summed E-state index contributed by atoms with van der Waals surface area (Å²) in [6.07, 6.45) is 1.52. The first kappa shape index (κ1) is 5.95. The Kier molecular flexibility index (Phi) is 2.21. The summed E-state index contributed by atoms with van der Waals surface area (Å²) in [5, 5.41) is 0. The van der Waals surface area contributed by atoms with E-state index in [0.717, 1.165) is 0 Å². The van der Waals surface area contributed by atoms with Gasteiger partial charge in [-0.05, 0) is 5.41 Å². The Hall–Kier alpha value is -0.180. The molecule has 1 atom stereocenters. The minimum absolute atomic E-state index is 0.0727. The molecular weight excluding hydrogens is 122 g/mol. The molecule has 0 bridgehead atoms. The van der Waals surface area contributed by atoms with Crippen molar-refractivity contribution < 1.29 is 4.21 Å². The van der Waals surface area contributed by atoms with E-state index in [1.165, 1.54) is 6.21 Å². The maximum Gasteiger partial charge on any atom is 0.166 e. The minimum Gasteiger partial charge on any atom is -0.238 e. The first-order chi connectivity index (χ1) is 3.92. The molecule has 0 spiro atoms. The topological polar surface area (TPSA) is 29.4 Å². The van der Waals surface area contributed by atoms with Gasteiger partial charge in [0, 0.05) is 6.21 Å². The second-order valence-electron chi connectivity index (χ2n) is 2.68. The van der Waals surface area contributed by atoms with E-state index in [0.29, 0.717) is 0 Å². The van der Waals surface area contributed by atoms with Gasteiger partial charge in [-0.25, -0.2) is 8.61 Å². The molecule has 0 radical (unpaired) electrons. The molecule has 0 aromatic carbocycles. The fourth-order valence-electron chi connectivity index (χ4n) is 0.180. The third-order valence-electron chi connectivity index (χ3n) is 0.483. The maximum absolute atomic E-state index is 10.1. The van der Waals surface area contributed by atoms with Crippen molar-refractivity contribution in [3.63, 3.8) is 0 Å². The Labute approximate surface area is 54.7 Å². The lowest BCUT2D eigenvalue weighted by molar-refractivity contribution is 0.607. The zero-order valence-corrected chi connectivity index (χ0v) is 6.16. The summed E-state index contributed by atoms with van der Waals surface area (Å²) in [5.41, 5.74) is -0.0727. The minimum atomic E-state index is -1.79. The molecule has 0 saturated carbocycles. The average molecular weight is 135 g/mol. The van der Waals surface area contributed by atoms with Crippen LogP contribution in [-0.4, -0.2) is 11.5 Å². The van der Waals surface area contributed by atoms with E-state index in [2.05, 4.69) is 4.40 Å². The van der Waals surface area contributed by atoms with Crippen LogP contribution in [-0.2, 0) is 11.8 Å². The zero-order chi connectivity index (χ0) is 7.49. The van der Waals surface area contributed by atoms with E-state index in [4.69, 9.17) is 1.12 Å². The van der Waals surface area contributed by atoms with Crippen molar-refractivity contribution in [1.82, 2.24) is 0 Å². The molecule has 0 heterocycles. The Morgan fingerprint density at radius 1 is 1.75 bits per heavy atom. The van der Waals surface area contributed by atoms with Gasteiger partial charge < -0.3 is 0 Å². The Bertz CT molecular complexity index is 138. The number of thiol groups is 1. The molecule has 0 N–H and O–H groups in total. The highest BCUT2D eigenvalue weighted by Crippen LogP contribution is 2.07. The summed E-state index contributed by atoms with van der Waals surface area (Å²) in [4.78, 5) is 0. The van der Waals surface area contributed by atoms with E-state index in [-0.39, 0.29) is 5.41 Å². The fourth-order valence-corrected chi connectivity index (χ4v) is 0.539. The fraction of sp³-hybridized carbons (Fsp3) is 0.800. The molecule has 0 aliphatic heterocycles. The Balaban J connectivity index is 3.86. The van der Waals surface area contributed by atoms with Gasteiger partial charge in [0.25, 0.3) is 0 Å². The van der Waals surface area contributed by atoms with Crippen LogP contribution in [0.4, 0.5) is 0 Å². The van der Waals surface area contributed by atoms with Crippen LogP contribution >= 0.6 is 0 Å². The van der Waals surface area contributed by atoms with Crippen LogP contribution in [0.2, 0.25) is 0 Å². The van der Waals surface area contributed by atoms with Gasteiger partial charge in [0.1, 0.15) is 11.8 Å². The normalized spacial score (nSPS) is 18.6. The third kappa shape index (κ3) is 5.82. The third-order valence-corrected chi connectivity index (χ3v) is 0.675. The van der Waals surface area contributed by atoms with Crippen LogP contribution < -0.4 is 0 Å². The van der Waals surface area contributed by atoms with Gasteiger partial charge in [0.2, 0.25) is 0 Å². The highest BCUT2D eigenvalue weighted by molar-refractivity contribution is 7.64. The Morgan fingerprint density at radius 3 is 2.38 bits per heavy atom. The zero-order valence-electron chi connectivity index (χ0n) is 6.34. The summed E-state index contributed by atoms with van der Waals surface area (Å²) >= 11 is -1.79. The predicted octanol–water partition coefficient (Wildman–Crippen LogP) is 0.964. The van der Waals surface area contributed by atoms with Crippen molar-refractivity contribution in [3.05, 3.63) is 0 Å². The molecule has 0 fully saturated rings. The van der Waals surface area contributed by atoms with Gasteiger partial charge in [-0.1, -0.05) is 20.8 Å². The van der Waals surface area contributed by atoms with Gasteiger partial charge >= 0.3 is 0 Å². The summed E-state index contributed by atoms with van der Waals surface area (Å²) in [6.45, 7) is 5.80. The van der Waals surface area contributed by atoms with Crippen molar-refractivity contribution in [2.45, 2.75) is 20.8 Å². The quantitative estimate of drug-likeness (QED) is 0.421. The van der Waals surface area contributed by atoms with Gasteiger partial charge in [0.15, 0.2) is 1.12 Å². The van der Waals surface area contributed by atoms with Crippen LogP contribution in [0, 0.1) is 5.41 Å². The maximum atomic E-state index is 10.1. The molecule has 48 valence electrons. The number of hydrogen-bond donors (Lipinski definition) is 1. The summed E-state index contributed by atoms with van der Waals surface area (Å²) < 4.78 is 20.0. The largest absolute Gasteiger partial charge is 0.238 e. The van der Waals surface area contributed by atoms with Crippen LogP contribution in [0.3, 0.4) is 0 Å². The SMILES string of the molecule is [3H][S@](=O)N=CC(C)(C)C. The number of hydrogen-bond acceptors (Lipinski definition) is 1. The molecule has 0 rings (SSSR count). The molecule has 8 heavy (non-hydrogen) atoms. The van der Waals surface area contributed by atoms with E-state index >= 15 is 0 Å². The van der Waals surface area contributed by atoms with Crippen LogP contribution in [0.1, 0.15) is 20.8 Å². The standard InChI is InChI=1S/C5H11NOS/c1-5(2,3)4-6-8-7/h4,8H,1-3H3/i8T. The van der Waals surface area contributed by atoms with Gasteiger partial charge in [0.05, 0.1) is 0 Å².